The molecule has 2 atom stereocenters. The summed E-state index contributed by atoms with van der Waals surface area (Å²) in [6.07, 6.45) is 7.37. The van der Waals surface area contributed by atoms with E-state index in [9.17, 15) is 4.79 Å². The standard InChI is InChI=1S/C21H28N4O/c1-13-6-3-4-9-19(13)25-14(2)18(12-23-25)21(26)24-20-15-7-5-8-16(20)11-17(22)10-15/h3-4,6,9,12,15-17,20H,5,7-8,10-11,22H2,1-2H3,(H,24,26). The molecule has 0 aliphatic heterocycles. The summed E-state index contributed by atoms with van der Waals surface area (Å²) in [6.45, 7) is 4.02. The van der Waals surface area contributed by atoms with Crippen molar-refractivity contribution in [3.8, 4) is 5.69 Å². The molecule has 5 nitrogen and oxygen atoms in total. The van der Waals surface area contributed by atoms with Crippen LogP contribution >= 0.6 is 0 Å². The molecule has 5 heteroatoms. The van der Waals surface area contributed by atoms with Crippen LogP contribution in [0.3, 0.4) is 0 Å². The maximum atomic E-state index is 13.0. The molecule has 2 aliphatic carbocycles. The molecule has 26 heavy (non-hydrogen) atoms. The minimum absolute atomic E-state index is 0.000273. The minimum atomic E-state index is -0.000273. The normalized spacial score (nSPS) is 28.0. The molecule has 1 aromatic heterocycles. The molecule has 138 valence electrons. The molecule has 0 spiro atoms. The van der Waals surface area contributed by atoms with E-state index < -0.39 is 0 Å². The van der Waals surface area contributed by atoms with Crippen LogP contribution in [0, 0.1) is 25.7 Å². The Labute approximate surface area is 155 Å². The van der Waals surface area contributed by atoms with E-state index in [-0.39, 0.29) is 11.9 Å². The third-order valence-electron chi connectivity index (χ3n) is 6.27. The van der Waals surface area contributed by atoms with E-state index >= 15 is 0 Å². The van der Waals surface area contributed by atoms with Crippen molar-refractivity contribution in [2.45, 2.75) is 58.0 Å². The van der Waals surface area contributed by atoms with Crippen LogP contribution in [0.1, 0.15) is 53.7 Å². The zero-order chi connectivity index (χ0) is 18.3. The molecule has 2 saturated carbocycles. The first-order valence-corrected chi connectivity index (χ1v) is 9.71. The molecule has 2 aliphatic rings. The summed E-state index contributed by atoms with van der Waals surface area (Å²) in [5.74, 6) is 1.04. The van der Waals surface area contributed by atoms with Gasteiger partial charge in [-0.15, -0.1) is 0 Å². The zero-order valence-electron chi connectivity index (χ0n) is 15.6. The summed E-state index contributed by atoms with van der Waals surface area (Å²) >= 11 is 0. The van der Waals surface area contributed by atoms with Crippen molar-refractivity contribution in [2.75, 3.05) is 0 Å². The van der Waals surface area contributed by atoms with Crippen molar-refractivity contribution < 1.29 is 4.79 Å². The SMILES string of the molecule is Cc1ccccc1-n1ncc(C(=O)NC2C3CCCC2CC(N)C3)c1C. The molecule has 0 radical (unpaired) electrons. The molecule has 1 amide bonds. The monoisotopic (exact) mass is 352 g/mol. The summed E-state index contributed by atoms with van der Waals surface area (Å²) in [5, 5.41) is 7.81. The molecule has 1 heterocycles. The number of carbonyl (C=O) groups is 1. The van der Waals surface area contributed by atoms with Crippen molar-refractivity contribution in [3.05, 3.63) is 47.3 Å². The Kier molecular flexibility index (Phi) is 4.57. The zero-order valence-corrected chi connectivity index (χ0v) is 15.6. The van der Waals surface area contributed by atoms with Crippen LogP contribution in [0.2, 0.25) is 0 Å². The fourth-order valence-corrected chi connectivity index (χ4v) is 4.93. The largest absolute Gasteiger partial charge is 0.349 e. The predicted molar refractivity (Wildman–Crippen MR) is 102 cm³/mol. The van der Waals surface area contributed by atoms with Crippen LogP contribution in [0.5, 0.6) is 0 Å². The van der Waals surface area contributed by atoms with Gasteiger partial charge in [-0.25, -0.2) is 4.68 Å². The molecular formula is C21H28N4O. The smallest absolute Gasteiger partial charge is 0.254 e. The van der Waals surface area contributed by atoms with E-state index in [1.54, 1.807) is 6.20 Å². The number of amides is 1. The Morgan fingerprint density at radius 3 is 2.58 bits per heavy atom. The van der Waals surface area contributed by atoms with Crippen molar-refractivity contribution in [3.63, 3.8) is 0 Å². The third-order valence-corrected chi connectivity index (χ3v) is 6.27. The summed E-state index contributed by atoms with van der Waals surface area (Å²) in [7, 11) is 0. The second-order valence-corrected chi connectivity index (χ2v) is 8.02. The second kappa shape index (κ2) is 6.88. The molecule has 4 rings (SSSR count). The first-order valence-electron chi connectivity index (χ1n) is 9.71. The summed E-state index contributed by atoms with van der Waals surface area (Å²) in [5.41, 5.74) is 9.92. The highest BCUT2D eigenvalue weighted by Gasteiger charge is 2.40. The molecular weight excluding hydrogens is 324 g/mol. The lowest BCUT2D eigenvalue weighted by atomic mass is 9.67. The summed E-state index contributed by atoms with van der Waals surface area (Å²) < 4.78 is 1.86. The van der Waals surface area contributed by atoms with Gasteiger partial charge in [-0.2, -0.15) is 5.10 Å². The number of hydrogen-bond acceptors (Lipinski definition) is 3. The number of rotatable bonds is 3. The van der Waals surface area contributed by atoms with Crippen LogP contribution in [-0.4, -0.2) is 27.8 Å². The molecule has 0 saturated heterocycles. The first-order chi connectivity index (χ1) is 12.5. The number of para-hydroxylation sites is 1. The average molecular weight is 352 g/mol. The third kappa shape index (κ3) is 3.05. The lowest BCUT2D eigenvalue weighted by molar-refractivity contribution is 0.0755. The van der Waals surface area contributed by atoms with Crippen LogP contribution in [0.4, 0.5) is 0 Å². The quantitative estimate of drug-likeness (QED) is 0.891. The van der Waals surface area contributed by atoms with Gasteiger partial charge < -0.3 is 11.1 Å². The van der Waals surface area contributed by atoms with Gasteiger partial charge in [0, 0.05) is 12.1 Å². The average Bonchev–Trinajstić information content (AvgIpc) is 2.97. The maximum Gasteiger partial charge on any atom is 0.254 e. The lowest BCUT2D eigenvalue weighted by Gasteiger charge is -2.45. The number of hydrogen-bond donors (Lipinski definition) is 2. The van der Waals surface area contributed by atoms with Crippen LogP contribution in [0.25, 0.3) is 5.69 Å². The lowest BCUT2D eigenvalue weighted by Crippen LogP contribution is -2.53. The highest BCUT2D eigenvalue weighted by molar-refractivity contribution is 5.95. The first kappa shape index (κ1) is 17.3. The Bertz CT molecular complexity index is 798. The van der Waals surface area contributed by atoms with E-state index in [2.05, 4.69) is 23.4 Å². The van der Waals surface area contributed by atoms with Crippen LogP contribution < -0.4 is 11.1 Å². The Balaban J connectivity index is 1.55. The number of nitrogens with two attached hydrogens (primary N) is 1. The van der Waals surface area contributed by atoms with Crippen molar-refractivity contribution in [1.82, 2.24) is 15.1 Å². The van der Waals surface area contributed by atoms with Gasteiger partial charge in [0.05, 0.1) is 23.1 Å². The van der Waals surface area contributed by atoms with Crippen molar-refractivity contribution in [1.29, 1.82) is 0 Å². The Morgan fingerprint density at radius 1 is 1.19 bits per heavy atom. The number of nitrogens with zero attached hydrogens (tertiary/aromatic N) is 2. The topological polar surface area (TPSA) is 72.9 Å². The second-order valence-electron chi connectivity index (χ2n) is 8.02. The van der Waals surface area contributed by atoms with Gasteiger partial charge in [-0.3, -0.25) is 4.79 Å². The fraction of sp³-hybridized carbons (Fsp3) is 0.524. The molecule has 2 fully saturated rings. The van der Waals surface area contributed by atoms with Gasteiger partial charge in [0.2, 0.25) is 0 Å². The van der Waals surface area contributed by atoms with E-state index in [1.165, 1.54) is 19.3 Å². The van der Waals surface area contributed by atoms with Crippen LogP contribution in [-0.2, 0) is 0 Å². The molecule has 1 aromatic carbocycles. The van der Waals surface area contributed by atoms with Crippen LogP contribution in [0.15, 0.2) is 30.5 Å². The highest BCUT2D eigenvalue weighted by atomic mass is 16.1. The summed E-state index contributed by atoms with van der Waals surface area (Å²) in [4.78, 5) is 13.0. The number of carbonyl (C=O) groups excluding carboxylic acids is 1. The van der Waals surface area contributed by atoms with E-state index in [0.29, 0.717) is 23.4 Å². The molecule has 3 N–H and O–H groups in total. The fourth-order valence-electron chi connectivity index (χ4n) is 4.93. The molecule has 2 unspecified atom stereocenters. The number of aryl methyl sites for hydroxylation is 1. The van der Waals surface area contributed by atoms with Gasteiger partial charge in [0.25, 0.3) is 5.91 Å². The van der Waals surface area contributed by atoms with Gasteiger partial charge in [-0.05, 0) is 63.0 Å². The van der Waals surface area contributed by atoms with Gasteiger partial charge in [0.1, 0.15) is 0 Å². The number of fused-ring (bicyclic) bond motifs is 2. The number of aromatic nitrogens is 2. The van der Waals surface area contributed by atoms with Gasteiger partial charge in [-0.1, -0.05) is 24.6 Å². The maximum absolute atomic E-state index is 13.0. The van der Waals surface area contributed by atoms with Crippen molar-refractivity contribution in [2.24, 2.45) is 17.6 Å². The van der Waals surface area contributed by atoms with E-state index in [4.69, 9.17) is 5.73 Å². The van der Waals surface area contributed by atoms with Crippen molar-refractivity contribution >= 4 is 5.91 Å². The Morgan fingerprint density at radius 2 is 1.88 bits per heavy atom. The molecule has 2 bridgehead atoms. The van der Waals surface area contributed by atoms with Gasteiger partial charge >= 0.3 is 0 Å². The number of benzene rings is 1. The molecule has 2 aromatic rings. The predicted octanol–water partition coefficient (Wildman–Crippen LogP) is 3.12. The Hall–Kier alpha value is -2.14. The highest BCUT2D eigenvalue weighted by Crippen LogP contribution is 2.39. The van der Waals surface area contributed by atoms with E-state index in [1.807, 2.05) is 29.8 Å². The van der Waals surface area contributed by atoms with E-state index in [0.717, 1.165) is 29.8 Å². The number of nitrogens with one attached hydrogen (secondary N) is 1. The minimum Gasteiger partial charge on any atom is -0.349 e. The summed E-state index contributed by atoms with van der Waals surface area (Å²) in [6, 6.07) is 8.65. The van der Waals surface area contributed by atoms with Gasteiger partial charge in [0.15, 0.2) is 0 Å².